The van der Waals surface area contributed by atoms with Gasteiger partial charge in [-0.3, -0.25) is 9.63 Å². The summed E-state index contributed by atoms with van der Waals surface area (Å²) in [5.74, 6) is -0.234. The van der Waals surface area contributed by atoms with Crippen LogP contribution in [0, 0.1) is 0 Å². The van der Waals surface area contributed by atoms with Gasteiger partial charge in [-0.05, 0) is 37.5 Å². The molecule has 1 aliphatic heterocycles. The third kappa shape index (κ3) is 3.43. The normalized spacial score (nSPS) is 16.1. The number of hydrogen-bond acceptors (Lipinski definition) is 4. The van der Waals surface area contributed by atoms with Crippen LogP contribution in [0.15, 0.2) is 23.1 Å². The molecule has 0 saturated carbocycles. The lowest BCUT2D eigenvalue weighted by Gasteiger charge is -2.27. The van der Waals surface area contributed by atoms with Crippen molar-refractivity contribution < 1.29 is 18.0 Å². The highest BCUT2D eigenvalue weighted by Gasteiger charge is 2.25. The Balaban J connectivity index is 2.36. The largest absolute Gasteiger partial charge is 0.339 e. The Labute approximate surface area is 135 Å². The number of halogens is 1. The van der Waals surface area contributed by atoms with Gasteiger partial charge in [-0.2, -0.15) is 0 Å². The number of carbonyl (C=O) groups is 1. The summed E-state index contributed by atoms with van der Waals surface area (Å²) in [7, 11) is -1.27. The minimum Gasteiger partial charge on any atom is -0.339 e. The quantitative estimate of drug-likeness (QED) is 0.783. The number of rotatable bonds is 4. The number of nitrogens with zero attached hydrogens (tertiary/aromatic N) is 2. The summed E-state index contributed by atoms with van der Waals surface area (Å²) in [5, 5.41) is 0.245. The van der Waals surface area contributed by atoms with E-state index in [0.717, 1.165) is 23.7 Å². The summed E-state index contributed by atoms with van der Waals surface area (Å²) >= 11 is 6.09. The van der Waals surface area contributed by atoms with E-state index in [1.807, 2.05) is 0 Å². The van der Waals surface area contributed by atoms with E-state index in [2.05, 4.69) is 0 Å². The van der Waals surface area contributed by atoms with Crippen LogP contribution in [0.3, 0.4) is 0 Å². The molecular formula is C14H19ClN2O4S. The first-order chi connectivity index (χ1) is 10.4. The Kier molecular flexibility index (Phi) is 5.44. The van der Waals surface area contributed by atoms with Crippen molar-refractivity contribution in [1.29, 1.82) is 0 Å². The van der Waals surface area contributed by atoms with Crippen LogP contribution in [-0.4, -0.2) is 50.9 Å². The smallest absolute Gasteiger partial charge is 0.264 e. The van der Waals surface area contributed by atoms with Gasteiger partial charge in [0.25, 0.3) is 15.9 Å². The summed E-state index contributed by atoms with van der Waals surface area (Å²) in [6.07, 6.45) is 3.01. The first-order valence-corrected chi connectivity index (χ1v) is 8.81. The molecule has 8 heteroatoms. The molecule has 0 aromatic heterocycles. The molecule has 1 aromatic carbocycles. The number of likely N-dealkylation sites (tertiary alicyclic amines) is 1. The number of sulfonamides is 1. The lowest BCUT2D eigenvalue weighted by Crippen LogP contribution is -2.36. The lowest BCUT2D eigenvalue weighted by molar-refractivity contribution is -0.0258. The molecule has 0 N–H and O–H groups in total. The highest BCUT2D eigenvalue weighted by molar-refractivity contribution is 7.89. The van der Waals surface area contributed by atoms with Gasteiger partial charge in [0.2, 0.25) is 0 Å². The molecule has 22 heavy (non-hydrogen) atoms. The third-order valence-electron chi connectivity index (χ3n) is 3.70. The molecule has 0 atom stereocenters. The van der Waals surface area contributed by atoms with E-state index in [4.69, 9.17) is 16.4 Å². The van der Waals surface area contributed by atoms with Crippen molar-refractivity contribution in [2.75, 3.05) is 27.2 Å². The predicted octanol–water partition coefficient (Wildman–Crippen LogP) is 2.15. The van der Waals surface area contributed by atoms with Gasteiger partial charge in [0, 0.05) is 20.1 Å². The Hall–Kier alpha value is -1.15. The maximum absolute atomic E-state index is 12.5. The molecule has 2 rings (SSSR count). The van der Waals surface area contributed by atoms with Gasteiger partial charge in [0.05, 0.1) is 22.6 Å². The molecule has 0 bridgehead atoms. The van der Waals surface area contributed by atoms with Crippen LogP contribution >= 0.6 is 11.6 Å². The molecule has 0 spiro atoms. The van der Waals surface area contributed by atoms with E-state index in [1.54, 1.807) is 4.90 Å². The van der Waals surface area contributed by atoms with Gasteiger partial charge in [-0.25, -0.2) is 8.42 Å². The number of piperidine rings is 1. The highest BCUT2D eigenvalue weighted by atomic mass is 35.5. The van der Waals surface area contributed by atoms with E-state index in [0.29, 0.717) is 13.1 Å². The number of benzene rings is 1. The van der Waals surface area contributed by atoms with Gasteiger partial charge in [0.15, 0.2) is 0 Å². The summed E-state index contributed by atoms with van der Waals surface area (Å²) in [5.41, 5.74) is 0.203. The van der Waals surface area contributed by atoms with E-state index in [-0.39, 0.29) is 21.4 Å². The van der Waals surface area contributed by atoms with Crippen LogP contribution in [0.5, 0.6) is 0 Å². The molecule has 0 aliphatic carbocycles. The van der Waals surface area contributed by atoms with Gasteiger partial charge in [-0.1, -0.05) is 16.1 Å². The summed E-state index contributed by atoms with van der Waals surface area (Å²) < 4.78 is 25.3. The van der Waals surface area contributed by atoms with Crippen LogP contribution in [-0.2, 0) is 14.9 Å². The molecule has 0 radical (unpaired) electrons. The van der Waals surface area contributed by atoms with E-state index < -0.39 is 10.0 Å². The van der Waals surface area contributed by atoms with Crippen LogP contribution in [0.4, 0.5) is 0 Å². The average molecular weight is 347 g/mol. The molecule has 1 aliphatic rings. The fourth-order valence-electron chi connectivity index (χ4n) is 2.34. The monoisotopic (exact) mass is 346 g/mol. The van der Waals surface area contributed by atoms with Gasteiger partial charge in [0.1, 0.15) is 0 Å². The standard InChI is InChI=1S/C14H19ClN2O4S/c1-16(21-2)22(19,20)11-6-7-13(15)12(10-11)14(18)17-8-4-3-5-9-17/h6-7,10H,3-5,8-9H2,1-2H3. The van der Waals surface area contributed by atoms with Crippen LogP contribution in [0.25, 0.3) is 0 Å². The van der Waals surface area contributed by atoms with Crippen molar-refractivity contribution in [3.05, 3.63) is 28.8 Å². The zero-order valence-electron chi connectivity index (χ0n) is 12.6. The second kappa shape index (κ2) is 6.95. The highest BCUT2D eigenvalue weighted by Crippen LogP contribution is 2.25. The Morgan fingerprint density at radius 2 is 1.91 bits per heavy atom. The first kappa shape index (κ1) is 17.2. The van der Waals surface area contributed by atoms with Crippen molar-refractivity contribution in [2.45, 2.75) is 24.2 Å². The van der Waals surface area contributed by atoms with Crippen LogP contribution in [0.1, 0.15) is 29.6 Å². The number of hydroxylamine groups is 1. The van der Waals surface area contributed by atoms with Gasteiger partial charge in [-0.15, -0.1) is 0 Å². The number of hydrogen-bond donors (Lipinski definition) is 0. The molecule has 1 amide bonds. The predicted molar refractivity (Wildman–Crippen MR) is 83.2 cm³/mol. The summed E-state index contributed by atoms with van der Waals surface area (Å²) in [4.78, 5) is 19.0. The van der Waals surface area contributed by atoms with Crippen molar-refractivity contribution in [3.63, 3.8) is 0 Å². The topological polar surface area (TPSA) is 66.9 Å². The van der Waals surface area contributed by atoms with Gasteiger partial charge < -0.3 is 4.90 Å². The minimum atomic E-state index is -3.81. The number of amides is 1. The zero-order valence-corrected chi connectivity index (χ0v) is 14.2. The molecule has 1 fully saturated rings. The molecule has 1 heterocycles. The third-order valence-corrected chi connectivity index (χ3v) is 5.71. The molecule has 1 aromatic rings. The molecule has 122 valence electrons. The molecular weight excluding hydrogens is 328 g/mol. The zero-order chi connectivity index (χ0) is 16.3. The maximum Gasteiger partial charge on any atom is 0.264 e. The van der Waals surface area contributed by atoms with Crippen molar-refractivity contribution in [2.24, 2.45) is 0 Å². The average Bonchev–Trinajstić information content (AvgIpc) is 2.54. The van der Waals surface area contributed by atoms with Crippen molar-refractivity contribution in [3.8, 4) is 0 Å². The molecule has 6 nitrogen and oxygen atoms in total. The fourth-order valence-corrected chi connectivity index (χ4v) is 3.54. The SMILES string of the molecule is CON(C)S(=O)(=O)c1ccc(Cl)c(C(=O)N2CCCCC2)c1. The van der Waals surface area contributed by atoms with Crippen molar-refractivity contribution >= 4 is 27.5 Å². The Bertz CT molecular complexity index is 657. The number of carbonyl (C=O) groups excluding carboxylic acids is 1. The second-order valence-electron chi connectivity index (χ2n) is 5.09. The summed E-state index contributed by atoms with van der Waals surface area (Å²) in [6, 6.07) is 4.10. The summed E-state index contributed by atoms with van der Waals surface area (Å²) in [6.45, 7) is 1.34. The molecule has 1 saturated heterocycles. The second-order valence-corrected chi connectivity index (χ2v) is 7.43. The first-order valence-electron chi connectivity index (χ1n) is 7.00. The van der Waals surface area contributed by atoms with Crippen molar-refractivity contribution in [1.82, 2.24) is 9.37 Å². The van der Waals surface area contributed by atoms with E-state index in [1.165, 1.54) is 32.4 Å². The Morgan fingerprint density at radius 3 is 2.50 bits per heavy atom. The fraction of sp³-hybridized carbons (Fsp3) is 0.500. The Morgan fingerprint density at radius 1 is 1.27 bits per heavy atom. The van der Waals surface area contributed by atoms with E-state index >= 15 is 0 Å². The van der Waals surface area contributed by atoms with Crippen LogP contribution in [0.2, 0.25) is 5.02 Å². The minimum absolute atomic E-state index is 0.0263. The van der Waals surface area contributed by atoms with E-state index in [9.17, 15) is 13.2 Å². The van der Waals surface area contributed by atoms with Gasteiger partial charge >= 0.3 is 0 Å². The van der Waals surface area contributed by atoms with Crippen LogP contribution < -0.4 is 0 Å². The maximum atomic E-state index is 12.5. The lowest BCUT2D eigenvalue weighted by atomic mass is 10.1. The molecule has 0 unspecified atom stereocenters.